The number of anilines is 2. The Morgan fingerprint density at radius 1 is 1.11 bits per heavy atom. The molecule has 2 aromatic carbocycles. The van der Waals surface area contributed by atoms with E-state index in [1.807, 2.05) is 24.3 Å². The molecule has 2 amide bonds. The molecule has 0 fully saturated rings. The summed E-state index contributed by atoms with van der Waals surface area (Å²) in [4.78, 5) is 25.2. The fourth-order valence-corrected chi connectivity index (χ4v) is 3.99. The summed E-state index contributed by atoms with van der Waals surface area (Å²) in [6.07, 6.45) is 0. The maximum Gasteiger partial charge on any atom is 0.265 e. The molecule has 4 rings (SSSR count). The highest BCUT2D eigenvalue weighted by Gasteiger charge is 2.22. The number of para-hydroxylation sites is 1. The molecular weight excluding hydrogens is 367 g/mol. The van der Waals surface area contributed by atoms with E-state index in [4.69, 9.17) is 4.74 Å². The molecule has 0 atom stereocenters. The fourth-order valence-electron chi connectivity index (χ4n) is 2.90. The van der Waals surface area contributed by atoms with Crippen molar-refractivity contribution in [3.63, 3.8) is 0 Å². The predicted octanol–water partition coefficient (Wildman–Crippen LogP) is 4.66. The number of carbonyl (C=O) groups is 2. The lowest BCUT2D eigenvalue weighted by Gasteiger charge is -2.16. The van der Waals surface area contributed by atoms with Crippen LogP contribution in [0.5, 0.6) is 5.75 Å². The highest BCUT2D eigenvalue weighted by molar-refractivity contribution is 7.17. The Labute approximate surface area is 158 Å². The Kier molecular flexibility index (Phi) is 4.37. The molecule has 5 nitrogen and oxygen atoms in total. The number of thiophene rings is 1. The molecule has 0 radical (unpaired) electrons. The number of amides is 2. The van der Waals surface area contributed by atoms with Crippen LogP contribution in [0.2, 0.25) is 0 Å². The molecular formula is C20H15FN2O3S. The van der Waals surface area contributed by atoms with Crippen molar-refractivity contribution in [2.24, 2.45) is 0 Å². The zero-order valence-corrected chi connectivity index (χ0v) is 15.2. The number of benzene rings is 2. The van der Waals surface area contributed by atoms with E-state index in [-0.39, 0.29) is 11.6 Å². The molecule has 1 aliphatic rings. The molecule has 0 unspecified atom stereocenters. The van der Waals surface area contributed by atoms with Crippen LogP contribution in [0.25, 0.3) is 10.4 Å². The second kappa shape index (κ2) is 6.85. The highest BCUT2D eigenvalue weighted by atomic mass is 32.1. The lowest BCUT2D eigenvalue weighted by Crippen LogP contribution is -2.12. The molecule has 27 heavy (non-hydrogen) atoms. The molecule has 0 saturated carbocycles. The molecule has 3 aromatic rings. The number of halogens is 1. The Balaban J connectivity index is 1.61. The van der Waals surface area contributed by atoms with Gasteiger partial charge in [0.2, 0.25) is 5.91 Å². The SMILES string of the molecule is CC(=O)Nc1ccc(F)c(NC(=O)c2cc3c(s2)-c2ccccc2OC3)c1. The van der Waals surface area contributed by atoms with Gasteiger partial charge < -0.3 is 15.4 Å². The van der Waals surface area contributed by atoms with E-state index in [2.05, 4.69) is 10.6 Å². The molecule has 0 spiro atoms. The normalized spacial score (nSPS) is 11.8. The van der Waals surface area contributed by atoms with Crippen molar-refractivity contribution < 1.29 is 18.7 Å². The topological polar surface area (TPSA) is 67.4 Å². The first-order chi connectivity index (χ1) is 13.0. The molecule has 1 aliphatic heterocycles. The summed E-state index contributed by atoms with van der Waals surface area (Å²) in [5.41, 5.74) is 2.29. The molecule has 136 valence electrons. The van der Waals surface area contributed by atoms with Gasteiger partial charge in [0, 0.05) is 28.6 Å². The van der Waals surface area contributed by atoms with Crippen molar-refractivity contribution >= 4 is 34.5 Å². The van der Waals surface area contributed by atoms with Gasteiger partial charge in [-0.25, -0.2) is 4.39 Å². The van der Waals surface area contributed by atoms with Gasteiger partial charge in [0.05, 0.1) is 10.6 Å². The van der Waals surface area contributed by atoms with Gasteiger partial charge in [-0.2, -0.15) is 0 Å². The van der Waals surface area contributed by atoms with Crippen LogP contribution >= 0.6 is 11.3 Å². The summed E-state index contributed by atoms with van der Waals surface area (Å²) in [5, 5.41) is 5.14. The third kappa shape index (κ3) is 3.41. The van der Waals surface area contributed by atoms with Crippen molar-refractivity contribution in [3.05, 3.63) is 64.8 Å². The van der Waals surface area contributed by atoms with E-state index in [1.165, 1.54) is 36.5 Å². The Bertz CT molecular complexity index is 1060. The number of carbonyl (C=O) groups excluding carboxylic acids is 2. The molecule has 0 aliphatic carbocycles. The second-order valence-electron chi connectivity index (χ2n) is 6.08. The summed E-state index contributed by atoms with van der Waals surface area (Å²) in [5.74, 6) is -0.477. The summed E-state index contributed by atoms with van der Waals surface area (Å²) in [7, 11) is 0. The number of fused-ring (bicyclic) bond motifs is 3. The standard InChI is InChI=1S/C20H15FN2O3S/c1-11(24)22-13-6-7-15(21)16(9-13)23-20(25)18-8-12-10-26-17-5-3-2-4-14(17)19(12)27-18/h2-9H,10H2,1H3,(H,22,24)(H,23,25). The summed E-state index contributed by atoms with van der Waals surface area (Å²) < 4.78 is 19.8. The van der Waals surface area contributed by atoms with Crippen LogP contribution in [-0.2, 0) is 11.4 Å². The zero-order chi connectivity index (χ0) is 19.0. The molecule has 1 aromatic heterocycles. The van der Waals surface area contributed by atoms with E-state index in [0.29, 0.717) is 17.2 Å². The van der Waals surface area contributed by atoms with Crippen LogP contribution in [-0.4, -0.2) is 11.8 Å². The first kappa shape index (κ1) is 17.2. The predicted molar refractivity (Wildman–Crippen MR) is 103 cm³/mol. The van der Waals surface area contributed by atoms with Crippen LogP contribution in [0, 0.1) is 5.82 Å². The van der Waals surface area contributed by atoms with Gasteiger partial charge in [0.1, 0.15) is 18.2 Å². The van der Waals surface area contributed by atoms with E-state index in [9.17, 15) is 14.0 Å². The number of rotatable bonds is 3. The molecule has 2 heterocycles. The van der Waals surface area contributed by atoms with Gasteiger partial charge in [-0.05, 0) is 36.4 Å². The lowest BCUT2D eigenvalue weighted by molar-refractivity contribution is -0.114. The van der Waals surface area contributed by atoms with Gasteiger partial charge in [-0.15, -0.1) is 11.3 Å². The van der Waals surface area contributed by atoms with Gasteiger partial charge in [0.25, 0.3) is 5.91 Å². The maximum atomic E-state index is 14.1. The van der Waals surface area contributed by atoms with Crippen LogP contribution in [0.4, 0.5) is 15.8 Å². The number of nitrogens with one attached hydrogen (secondary N) is 2. The average molecular weight is 382 g/mol. The van der Waals surface area contributed by atoms with E-state index in [0.717, 1.165) is 21.8 Å². The number of hydrogen-bond acceptors (Lipinski definition) is 4. The van der Waals surface area contributed by atoms with Crippen molar-refractivity contribution in [1.82, 2.24) is 0 Å². The van der Waals surface area contributed by atoms with Gasteiger partial charge in [-0.1, -0.05) is 12.1 Å². The zero-order valence-electron chi connectivity index (χ0n) is 14.3. The summed E-state index contributed by atoms with van der Waals surface area (Å²) in [6, 6.07) is 13.4. The van der Waals surface area contributed by atoms with Gasteiger partial charge >= 0.3 is 0 Å². The minimum absolute atomic E-state index is 0.00859. The first-order valence-electron chi connectivity index (χ1n) is 8.24. The third-order valence-corrected chi connectivity index (χ3v) is 5.29. The van der Waals surface area contributed by atoms with Crippen LogP contribution in [0.15, 0.2) is 48.5 Å². The lowest BCUT2D eigenvalue weighted by atomic mass is 10.1. The maximum absolute atomic E-state index is 14.1. The monoisotopic (exact) mass is 382 g/mol. The largest absolute Gasteiger partial charge is 0.488 e. The second-order valence-corrected chi connectivity index (χ2v) is 7.13. The fraction of sp³-hybridized carbons (Fsp3) is 0.100. The Morgan fingerprint density at radius 2 is 1.93 bits per heavy atom. The van der Waals surface area contributed by atoms with Crippen molar-refractivity contribution in [1.29, 1.82) is 0 Å². The Hall–Kier alpha value is -3.19. The smallest absolute Gasteiger partial charge is 0.265 e. The van der Waals surface area contributed by atoms with E-state index >= 15 is 0 Å². The van der Waals surface area contributed by atoms with Crippen LogP contribution < -0.4 is 15.4 Å². The molecule has 7 heteroatoms. The van der Waals surface area contributed by atoms with E-state index < -0.39 is 11.7 Å². The van der Waals surface area contributed by atoms with Crippen LogP contribution in [0.1, 0.15) is 22.2 Å². The summed E-state index contributed by atoms with van der Waals surface area (Å²) in [6.45, 7) is 1.75. The Morgan fingerprint density at radius 3 is 2.74 bits per heavy atom. The van der Waals surface area contributed by atoms with Crippen molar-refractivity contribution in [3.8, 4) is 16.2 Å². The minimum Gasteiger partial charge on any atom is -0.488 e. The first-order valence-corrected chi connectivity index (χ1v) is 9.06. The van der Waals surface area contributed by atoms with Crippen molar-refractivity contribution in [2.45, 2.75) is 13.5 Å². The average Bonchev–Trinajstić information content (AvgIpc) is 3.09. The number of ether oxygens (including phenoxy) is 1. The van der Waals surface area contributed by atoms with E-state index in [1.54, 1.807) is 6.07 Å². The van der Waals surface area contributed by atoms with Gasteiger partial charge in [-0.3, -0.25) is 9.59 Å². The quantitative estimate of drug-likeness (QED) is 0.692. The molecule has 0 bridgehead atoms. The van der Waals surface area contributed by atoms with Crippen molar-refractivity contribution in [2.75, 3.05) is 10.6 Å². The van der Waals surface area contributed by atoms with Crippen LogP contribution in [0.3, 0.4) is 0 Å². The number of hydrogen-bond donors (Lipinski definition) is 2. The highest BCUT2D eigenvalue weighted by Crippen LogP contribution is 2.42. The molecule has 0 saturated heterocycles. The summed E-state index contributed by atoms with van der Waals surface area (Å²) >= 11 is 1.34. The third-order valence-electron chi connectivity index (χ3n) is 4.08. The molecule has 2 N–H and O–H groups in total. The van der Waals surface area contributed by atoms with Gasteiger partial charge in [0.15, 0.2) is 0 Å². The minimum atomic E-state index is -0.576.